The number of amides is 2. The fraction of sp³-hybridized carbons (Fsp3) is 0.472. The molecule has 2 amide bonds. The lowest BCUT2D eigenvalue weighted by Crippen LogP contribution is -2.50. The smallest absolute Gasteiger partial charge is 0.410 e. The van der Waals surface area contributed by atoms with Crippen molar-refractivity contribution in [2.45, 2.75) is 77.0 Å². The van der Waals surface area contributed by atoms with Gasteiger partial charge in [0.2, 0.25) is 5.88 Å². The Hall–Kier alpha value is -4.02. The Morgan fingerprint density at radius 1 is 0.978 bits per heavy atom. The molecule has 9 nitrogen and oxygen atoms in total. The van der Waals surface area contributed by atoms with Gasteiger partial charge in [-0.1, -0.05) is 36.4 Å². The van der Waals surface area contributed by atoms with E-state index in [2.05, 4.69) is 39.5 Å². The van der Waals surface area contributed by atoms with Gasteiger partial charge in [0.1, 0.15) is 22.7 Å². The maximum atomic E-state index is 14.1. The van der Waals surface area contributed by atoms with Crippen molar-refractivity contribution in [1.82, 2.24) is 20.1 Å². The monoisotopic (exact) mass is 631 g/mol. The standard InChI is InChI=1S/C36H46FN5O4/c1-36(2,3)46-35(44)42-20-18-41(19-21-42)17-5-6-25-9-11-26(12-10-25)27-7-4-8-31(22-27)45-34-32(23-28(37)24-39-34)33(43)40-30-15-13-29(38)14-16-30/h4,7-12,22-24,29-30H,5-6,13-21,38H2,1-3H3,(H,40,43). The number of carbonyl (C=O) groups is 2. The van der Waals surface area contributed by atoms with Gasteiger partial charge in [-0.2, -0.15) is 0 Å². The first-order valence-electron chi connectivity index (χ1n) is 16.3. The highest BCUT2D eigenvalue weighted by Crippen LogP contribution is 2.29. The van der Waals surface area contributed by atoms with Crippen molar-refractivity contribution in [1.29, 1.82) is 0 Å². The van der Waals surface area contributed by atoms with E-state index in [0.717, 1.165) is 75.5 Å². The van der Waals surface area contributed by atoms with E-state index in [-0.39, 0.29) is 29.6 Å². The van der Waals surface area contributed by atoms with Crippen molar-refractivity contribution in [2.75, 3.05) is 32.7 Å². The number of nitrogens with zero attached hydrogens (tertiary/aromatic N) is 3. The van der Waals surface area contributed by atoms with Gasteiger partial charge in [0, 0.05) is 38.3 Å². The van der Waals surface area contributed by atoms with Crippen LogP contribution in [0.15, 0.2) is 60.8 Å². The van der Waals surface area contributed by atoms with E-state index in [1.54, 1.807) is 11.0 Å². The van der Waals surface area contributed by atoms with Gasteiger partial charge in [-0.05, 0) is 101 Å². The zero-order chi connectivity index (χ0) is 32.7. The van der Waals surface area contributed by atoms with Crippen LogP contribution in [0, 0.1) is 5.82 Å². The molecule has 0 spiro atoms. The van der Waals surface area contributed by atoms with Crippen LogP contribution in [0.1, 0.15) is 68.8 Å². The van der Waals surface area contributed by atoms with Gasteiger partial charge < -0.3 is 25.4 Å². The number of carbonyl (C=O) groups excluding carboxylic acids is 2. The van der Waals surface area contributed by atoms with Crippen molar-refractivity contribution in [3.05, 3.63) is 77.7 Å². The van der Waals surface area contributed by atoms with E-state index < -0.39 is 17.3 Å². The second kappa shape index (κ2) is 15.0. The maximum absolute atomic E-state index is 14.1. The molecule has 1 aromatic heterocycles. The van der Waals surface area contributed by atoms with Crippen molar-refractivity contribution < 1.29 is 23.5 Å². The molecule has 0 atom stereocenters. The largest absolute Gasteiger partial charge is 0.444 e. The zero-order valence-electron chi connectivity index (χ0n) is 27.1. The van der Waals surface area contributed by atoms with Crippen molar-refractivity contribution in [2.24, 2.45) is 5.73 Å². The van der Waals surface area contributed by atoms with Crippen LogP contribution >= 0.6 is 0 Å². The summed E-state index contributed by atoms with van der Waals surface area (Å²) in [5.74, 6) is -0.439. The summed E-state index contributed by atoms with van der Waals surface area (Å²) in [4.78, 5) is 33.7. The second-order valence-electron chi connectivity index (χ2n) is 13.3. The number of halogens is 1. The molecule has 2 aromatic carbocycles. The van der Waals surface area contributed by atoms with Crippen LogP contribution in [0.4, 0.5) is 9.18 Å². The Balaban J connectivity index is 1.13. The fourth-order valence-electron chi connectivity index (χ4n) is 5.90. The van der Waals surface area contributed by atoms with E-state index in [1.165, 1.54) is 11.6 Å². The van der Waals surface area contributed by atoms with E-state index in [1.807, 2.05) is 39.0 Å². The lowest BCUT2D eigenvalue weighted by atomic mass is 9.91. The van der Waals surface area contributed by atoms with Crippen molar-refractivity contribution in [3.63, 3.8) is 0 Å². The average molecular weight is 632 g/mol. The number of nitrogens with one attached hydrogen (secondary N) is 1. The summed E-state index contributed by atoms with van der Waals surface area (Å²) < 4.78 is 25.7. The number of benzene rings is 2. The SMILES string of the molecule is CC(C)(C)OC(=O)N1CCN(CCCc2ccc(-c3cccc(Oc4ncc(F)cc4C(=O)NC4CCC(N)CC4)c3)cc2)CC1. The molecule has 2 fully saturated rings. The molecule has 0 bridgehead atoms. The summed E-state index contributed by atoms with van der Waals surface area (Å²) in [6.45, 7) is 9.73. The Morgan fingerprint density at radius 3 is 2.39 bits per heavy atom. The van der Waals surface area contributed by atoms with Gasteiger partial charge in [-0.15, -0.1) is 0 Å². The number of piperazine rings is 1. The molecule has 1 aliphatic heterocycles. The molecule has 1 aliphatic carbocycles. The van der Waals surface area contributed by atoms with Gasteiger partial charge in [0.15, 0.2) is 0 Å². The zero-order valence-corrected chi connectivity index (χ0v) is 27.1. The molecule has 2 aliphatic rings. The van der Waals surface area contributed by atoms with Gasteiger partial charge in [0.25, 0.3) is 5.91 Å². The Kier molecular flexibility index (Phi) is 10.9. The normalized spacial score (nSPS) is 19.0. The van der Waals surface area contributed by atoms with Gasteiger partial charge >= 0.3 is 6.09 Å². The maximum Gasteiger partial charge on any atom is 0.410 e. The number of rotatable bonds is 9. The topological polar surface area (TPSA) is 110 Å². The number of nitrogens with two attached hydrogens (primary N) is 1. The number of hydrogen-bond acceptors (Lipinski definition) is 7. The predicted octanol–water partition coefficient (Wildman–Crippen LogP) is 6.17. The number of pyridine rings is 1. The van der Waals surface area contributed by atoms with Crippen LogP contribution in [0.25, 0.3) is 11.1 Å². The number of aromatic nitrogens is 1. The second-order valence-corrected chi connectivity index (χ2v) is 13.3. The molecular formula is C36H46FN5O4. The molecule has 46 heavy (non-hydrogen) atoms. The molecule has 10 heteroatoms. The van der Waals surface area contributed by atoms with E-state index in [0.29, 0.717) is 18.8 Å². The number of hydrogen-bond donors (Lipinski definition) is 2. The molecule has 3 N–H and O–H groups in total. The van der Waals surface area contributed by atoms with E-state index >= 15 is 0 Å². The summed E-state index contributed by atoms with van der Waals surface area (Å²) in [5.41, 5.74) is 8.83. The summed E-state index contributed by atoms with van der Waals surface area (Å²) in [7, 11) is 0. The lowest BCUT2D eigenvalue weighted by Gasteiger charge is -2.35. The van der Waals surface area contributed by atoms with Crippen LogP contribution < -0.4 is 15.8 Å². The van der Waals surface area contributed by atoms with Crippen molar-refractivity contribution in [3.8, 4) is 22.8 Å². The van der Waals surface area contributed by atoms with Crippen LogP contribution in [-0.2, 0) is 11.2 Å². The summed E-state index contributed by atoms with van der Waals surface area (Å²) in [6, 6.07) is 17.4. The highest BCUT2D eigenvalue weighted by molar-refractivity contribution is 5.96. The van der Waals surface area contributed by atoms with Crippen LogP contribution in [0.2, 0.25) is 0 Å². The molecular weight excluding hydrogens is 585 g/mol. The third-order valence-electron chi connectivity index (χ3n) is 8.47. The van der Waals surface area contributed by atoms with E-state index in [9.17, 15) is 14.0 Å². The molecule has 0 radical (unpaired) electrons. The lowest BCUT2D eigenvalue weighted by molar-refractivity contribution is 0.0144. The first kappa shape index (κ1) is 33.3. The summed E-state index contributed by atoms with van der Waals surface area (Å²) >= 11 is 0. The minimum absolute atomic E-state index is 0.00346. The minimum atomic E-state index is -0.599. The first-order valence-corrected chi connectivity index (χ1v) is 16.3. The molecule has 2 heterocycles. The molecule has 5 rings (SSSR count). The average Bonchev–Trinajstić information content (AvgIpc) is 3.03. The van der Waals surface area contributed by atoms with Gasteiger partial charge in [-0.3, -0.25) is 9.69 Å². The quantitative estimate of drug-likeness (QED) is 0.291. The highest BCUT2D eigenvalue weighted by Gasteiger charge is 2.26. The van der Waals surface area contributed by atoms with E-state index in [4.69, 9.17) is 15.2 Å². The van der Waals surface area contributed by atoms with Gasteiger partial charge in [0.05, 0.1) is 6.20 Å². The first-order chi connectivity index (χ1) is 22.0. The minimum Gasteiger partial charge on any atom is -0.444 e. The molecule has 3 aromatic rings. The molecule has 1 saturated heterocycles. The van der Waals surface area contributed by atoms with Crippen LogP contribution in [0.5, 0.6) is 11.6 Å². The number of aryl methyl sites for hydroxylation is 1. The Labute approximate surface area is 271 Å². The third kappa shape index (κ3) is 9.50. The van der Waals surface area contributed by atoms with Gasteiger partial charge in [-0.25, -0.2) is 14.2 Å². The summed E-state index contributed by atoms with van der Waals surface area (Å²) in [5, 5.41) is 2.99. The Bertz CT molecular complexity index is 1480. The van der Waals surface area contributed by atoms with Crippen LogP contribution in [0.3, 0.4) is 0 Å². The Morgan fingerprint density at radius 2 is 1.70 bits per heavy atom. The third-order valence-corrected chi connectivity index (χ3v) is 8.47. The van der Waals surface area contributed by atoms with Crippen LogP contribution in [-0.4, -0.2) is 77.2 Å². The highest BCUT2D eigenvalue weighted by atomic mass is 19.1. The van der Waals surface area contributed by atoms with Crippen molar-refractivity contribution >= 4 is 12.0 Å². The molecule has 0 unspecified atom stereocenters. The molecule has 1 saturated carbocycles. The predicted molar refractivity (Wildman–Crippen MR) is 176 cm³/mol. The molecule has 246 valence electrons. The number of ether oxygens (including phenoxy) is 2. The fourth-order valence-corrected chi connectivity index (χ4v) is 5.90. The summed E-state index contributed by atoms with van der Waals surface area (Å²) in [6.07, 6.45) is 6.10.